The van der Waals surface area contributed by atoms with Crippen molar-refractivity contribution in [3.05, 3.63) is 53.5 Å². The molecule has 1 atom stereocenters. The molecule has 2 aromatic heterocycles. The summed E-state index contributed by atoms with van der Waals surface area (Å²) in [5, 5.41) is 6.67. The highest BCUT2D eigenvalue weighted by atomic mass is 16.1. The van der Waals surface area contributed by atoms with Crippen LogP contribution in [0.15, 0.2) is 36.4 Å². The highest BCUT2D eigenvalue weighted by Gasteiger charge is 2.22. The van der Waals surface area contributed by atoms with Crippen LogP contribution in [0.4, 0.5) is 5.69 Å². The minimum absolute atomic E-state index is 0.0840. The summed E-state index contributed by atoms with van der Waals surface area (Å²) in [6.45, 7) is 7.74. The normalized spacial score (nSPS) is 14.9. The molecule has 3 aromatic rings. The van der Waals surface area contributed by atoms with E-state index in [4.69, 9.17) is 9.97 Å². The van der Waals surface area contributed by atoms with Crippen LogP contribution in [-0.4, -0.2) is 33.0 Å². The summed E-state index contributed by atoms with van der Waals surface area (Å²) in [4.78, 5) is 22.7. The van der Waals surface area contributed by atoms with E-state index >= 15 is 0 Å². The van der Waals surface area contributed by atoms with Gasteiger partial charge >= 0.3 is 0 Å². The lowest BCUT2D eigenvalue weighted by Crippen LogP contribution is -2.39. The number of carbonyl (C=O) groups is 1. The van der Waals surface area contributed by atoms with Crippen LogP contribution >= 0.6 is 0 Å². The maximum Gasteiger partial charge on any atom is 0.253 e. The molecule has 0 spiro atoms. The number of hydrogen-bond donors (Lipinski definition) is 2. The number of imidazole rings is 1. The number of amides is 1. The van der Waals surface area contributed by atoms with E-state index in [0.29, 0.717) is 18.0 Å². The lowest BCUT2D eigenvalue weighted by molar-refractivity contribution is 0.0951. The third-order valence-corrected chi connectivity index (χ3v) is 5.85. The molecule has 1 aromatic carbocycles. The number of para-hydroxylation sites is 1. The zero-order valence-corrected chi connectivity index (χ0v) is 18.1. The van der Waals surface area contributed by atoms with Gasteiger partial charge in [0.1, 0.15) is 11.3 Å². The van der Waals surface area contributed by atoms with Gasteiger partial charge in [-0.25, -0.2) is 9.97 Å². The van der Waals surface area contributed by atoms with Crippen molar-refractivity contribution >= 4 is 22.8 Å². The lowest BCUT2D eigenvalue weighted by atomic mass is 10.0. The second kappa shape index (κ2) is 8.86. The van der Waals surface area contributed by atoms with Gasteiger partial charge in [0.25, 0.3) is 5.91 Å². The zero-order chi connectivity index (χ0) is 21.1. The fraction of sp³-hybridized carbons (Fsp3) is 0.458. The van der Waals surface area contributed by atoms with Crippen molar-refractivity contribution in [1.82, 2.24) is 19.9 Å². The molecule has 0 saturated carbocycles. The number of hydrogen-bond acceptors (Lipinski definition) is 4. The van der Waals surface area contributed by atoms with Crippen molar-refractivity contribution in [2.75, 3.05) is 11.9 Å². The molecule has 6 heteroatoms. The Kier molecular flexibility index (Phi) is 6.02. The van der Waals surface area contributed by atoms with Crippen LogP contribution in [0.25, 0.3) is 11.2 Å². The Bertz CT molecular complexity index is 1030. The highest BCUT2D eigenvalue weighted by molar-refractivity contribution is 6.04. The number of fused-ring (bicyclic) bond motifs is 3. The third kappa shape index (κ3) is 4.32. The summed E-state index contributed by atoms with van der Waals surface area (Å²) < 4.78 is 2.21. The molecule has 0 aliphatic carbocycles. The maximum absolute atomic E-state index is 13.2. The average Bonchev–Trinajstić information content (AvgIpc) is 2.92. The first-order valence-electron chi connectivity index (χ1n) is 11.0. The Labute approximate surface area is 178 Å². The topological polar surface area (TPSA) is 71.8 Å². The number of rotatable bonds is 6. The van der Waals surface area contributed by atoms with E-state index in [0.717, 1.165) is 54.2 Å². The highest BCUT2D eigenvalue weighted by Crippen LogP contribution is 2.24. The van der Waals surface area contributed by atoms with Crippen molar-refractivity contribution in [1.29, 1.82) is 0 Å². The van der Waals surface area contributed by atoms with Crippen molar-refractivity contribution in [2.45, 2.75) is 59.0 Å². The number of anilines is 1. The molecule has 158 valence electrons. The van der Waals surface area contributed by atoms with E-state index in [2.05, 4.69) is 29.0 Å². The number of nitrogens with zero attached hydrogens (tertiary/aromatic N) is 3. The van der Waals surface area contributed by atoms with Gasteiger partial charge in [-0.1, -0.05) is 38.5 Å². The summed E-state index contributed by atoms with van der Waals surface area (Å²) in [6.07, 6.45) is 4.45. The minimum Gasteiger partial charge on any atom is -0.380 e. The summed E-state index contributed by atoms with van der Waals surface area (Å²) in [5.41, 5.74) is 4.11. The van der Waals surface area contributed by atoms with E-state index in [-0.39, 0.29) is 11.9 Å². The Morgan fingerprint density at radius 2 is 1.93 bits per heavy atom. The fourth-order valence-corrected chi connectivity index (χ4v) is 4.09. The van der Waals surface area contributed by atoms with Gasteiger partial charge in [0, 0.05) is 36.9 Å². The van der Waals surface area contributed by atoms with Gasteiger partial charge in [0.2, 0.25) is 0 Å². The number of benzene rings is 1. The quantitative estimate of drug-likeness (QED) is 0.640. The van der Waals surface area contributed by atoms with Crippen molar-refractivity contribution < 1.29 is 4.79 Å². The summed E-state index contributed by atoms with van der Waals surface area (Å²) in [5.74, 6) is 1.34. The SMILES string of the molecule is Cc1cc(C(=O)NCC(Nc2ccccc2)C(C)C)c2nc3n(c2n1)CCCCC3. The van der Waals surface area contributed by atoms with Crippen molar-refractivity contribution in [2.24, 2.45) is 5.92 Å². The van der Waals surface area contributed by atoms with Crippen molar-refractivity contribution in [3.8, 4) is 0 Å². The van der Waals surface area contributed by atoms with Crippen LogP contribution in [0.1, 0.15) is 55.0 Å². The van der Waals surface area contributed by atoms with E-state index < -0.39 is 0 Å². The molecule has 1 aliphatic heterocycles. The first-order valence-corrected chi connectivity index (χ1v) is 11.0. The largest absolute Gasteiger partial charge is 0.380 e. The lowest BCUT2D eigenvalue weighted by Gasteiger charge is -2.24. The Morgan fingerprint density at radius 1 is 1.13 bits per heavy atom. The molecule has 2 N–H and O–H groups in total. The Hall–Kier alpha value is -2.89. The minimum atomic E-state index is -0.0840. The van der Waals surface area contributed by atoms with Gasteiger partial charge in [0.05, 0.1) is 5.56 Å². The predicted molar refractivity (Wildman–Crippen MR) is 121 cm³/mol. The van der Waals surface area contributed by atoms with E-state index in [1.54, 1.807) is 0 Å². The first-order chi connectivity index (χ1) is 14.5. The first kappa shape index (κ1) is 20.4. The smallest absolute Gasteiger partial charge is 0.253 e. The second-order valence-electron chi connectivity index (χ2n) is 8.54. The molecule has 1 aliphatic rings. The molecule has 0 fully saturated rings. The van der Waals surface area contributed by atoms with Crippen molar-refractivity contribution in [3.63, 3.8) is 0 Å². The number of pyridine rings is 1. The van der Waals surface area contributed by atoms with Crippen LogP contribution in [-0.2, 0) is 13.0 Å². The molecule has 0 radical (unpaired) electrons. The van der Waals surface area contributed by atoms with Gasteiger partial charge in [0.15, 0.2) is 5.65 Å². The van der Waals surface area contributed by atoms with Crippen LogP contribution < -0.4 is 10.6 Å². The Balaban J connectivity index is 1.55. The van der Waals surface area contributed by atoms with Crippen LogP contribution in [0.3, 0.4) is 0 Å². The summed E-state index contributed by atoms with van der Waals surface area (Å²) >= 11 is 0. The van der Waals surface area contributed by atoms with Gasteiger partial charge in [-0.15, -0.1) is 0 Å². The summed E-state index contributed by atoms with van der Waals surface area (Å²) in [7, 11) is 0. The van der Waals surface area contributed by atoms with Crippen LogP contribution in [0.2, 0.25) is 0 Å². The molecule has 4 rings (SSSR count). The molecule has 1 amide bonds. The standard InChI is InChI=1S/C24H31N5O/c1-16(2)20(27-18-10-6-4-7-11-18)15-25-24(30)19-14-17(3)26-23-22(19)28-21-12-8-5-9-13-29(21)23/h4,6-7,10-11,14,16,20,27H,5,8-9,12-13,15H2,1-3H3,(H,25,30). The van der Waals surface area contributed by atoms with Crippen LogP contribution in [0.5, 0.6) is 0 Å². The van der Waals surface area contributed by atoms with Gasteiger partial charge in [-0.3, -0.25) is 4.79 Å². The van der Waals surface area contributed by atoms with E-state index in [9.17, 15) is 4.79 Å². The molecular formula is C24H31N5O. The molecule has 0 saturated heterocycles. The number of aromatic nitrogens is 3. The maximum atomic E-state index is 13.2. The second-order valence-corrected chi connectivity index (χ2v) is 8.54. The van der Waals surface area contributed by atoms with E-state index in [1.165, 1.54) is 6.42 Å². The van der Waals surface area contributed by atoms with Gasteiger partial charge in [-0.05, 0) is 43.9 Å². The van der Waals surface area contributed by atoms with Crippen LogP contribution in [0, 0.1) is 12.8 Å². The molecule has 30 heavy (non-hydrogen) atoms. The van der Waals surface area contributed by atoms with Gasteiger partial charge in [-0.2, -0.15) is 0 Å². The Morgan fingerprint density at radius 3 is 2.70 bits per heavy atom. The number of carbonyl (C=O) groups excluding carboxylic acids is 1. The monoisotopic (exact) mass is 405 g/mol. The number of aryl methyl sites for hydroxylation is 3. The third-order valence-electron chi connectivity index (χ3n) is 5.85. The average molecular weight is 406 g/mol. The molecule has 1 unspecified atom stereocenters. The fourth-order valence-electron chi connectivity index (χ4n) is 4.09. The molecule has 0 bridgehead atoms. The van der Waals surface area contributed by atoms with E-state index in [1.807, 2.05) is 43.3 Å². The zero-order valence-electron chi connectivity index (χ0n) is 18.1. The molecule has 6 nitrogen and oxygen atoms in total. The number of nitrogens with one attached hydrogen (secondary N) is 2. The summed E-state index contributed by atoms with van der Waals surface area (Å²) in [6, 6.07) is 12.1. The van der Waals surface area contributed by atoms with Gasteiger partial charge < -0.3 is 15.2 Å². The molecular weight excluding hydrogens is 374 g/mol. The predicted octanol–water partition coefficient (Wildman–Crippen LogP) is 4.33. The molecule has 3 heterocycles.